The fourth-order valence-corrected chi connectivity index (χ4v) is 2.78. The molecule has 2 N–H and O–H groups in total. The predicted molar refractivity (Wildman–Crippen MR) is 80.5 cm³/mol. The van der Waals surface area contributed by atoms with Gasteiger partial charge in [0, 0.05) is 6.07 Å². The third kappa shape index (κ3) is 4.26. The Morgan fingerprint density at radius 2 is 1.95 bits per heavy atom. The van der Waals surface area contributed by atoms with Gasteiger partial charge in [0.1, 0.15) is 5.69 Å². The van der Waals surface area contributed by atoms with Crippen molar-refractivity contribution in [1.82, 2.24) is 0 Å². The predicted octanol–water partition coefficient (Wildman–Crippen LogP) is 1.30. The smallest absolute Gasteiger partial charge is 0.293 e. The second kappa shape index (κ2) is 7.17. The van der Waals surface area contributed by atoms with E-state index in [0.29, 0.717) is 17.8 Å². The van der Waals surface area contributed by atoms with Gasteiger partial charge in [-0.15, -0.1) is 0 Å². The van der Waals surface area contributed by atoms with Crippen molar-refractivity contribution in [2.75, 3.05) is 25.0 Å². The molecule has 6 heteroatoms. The number of nitrogens with zero attached hydrogens (tertiary/aromatic N) is 1. The van der Waals surface area contributed by atoms with Crippen LogP contribution in [0.3, 0.4) is 0 Å². The van der Waals surface area contributed by atoms with Gasteiger partial charge in [-0.1, -0.05) is 12.1 Å². The van der Waals surface area contributed by atoms with Gasteiger partial charge in [0.05, 0.1) is 18.0 Å². The Morgan fingerprint density at radius 1 is 1.29 bits per heavy atom. The van der Waals surface area contributed by atoms with Crippen molar-refractivity contribution in [3.8, 4) is 0 Å². The second-order valence-electron chi connectivity index (χ2n) is 5.62. The van der Waals surface area contributed by atoms with Crippen LogP contribution in [0.4, 0.5) is 11.4 Å². The first-order valence-electron chi connectivity index (χ1n) is 7.45. The van der Waals surface area contributed by atoms with Crippen LogP contribution >= 0.6 is 0 Å². The monoisotopic (exact) mass is 292 g/mol. The molecule has 2 rings (SSSR count). The first kappa shape index (κ1) is 15.4. The number of amides is 1. The zero-order valence-electron chi connectivity index (χ0n) is 12.4. The quantitative estimate of drug-likeness (QED) is 0.648. The molecular formula is C15H22N3O3+. The summed E-state index contributed by atoms with van der Waals surface area (Å²) in [4.78, 5) is 24.0. The molecule has 1 heterocycles. The fraction of sp³-hybridized carbons (Fsp3) is 0.533. The summed E-state index contributed by atoms with van der Waals surface area (Å²) in [6.45, 7) is 4.15. The van der Waals surface area contributed by atoms with Crippen molar-refractivity contribution < 1.29 is 14.6 Å². The molecule has 114 valence electrons. The SMILES string of the molecule is Cc1cccc([N+](=O)[O-])c1NC(=O)C[NH+]1CCCCCC1. The van der Waals surface area contributed by atoms with Crippen LogP contribution < -0.4 is 10.2 Å². The number of carbonyl (C=O) groups excluding carboxylic acids is 1. The molecule has 0 unspecified atom stereocenters. The maximum Gasteiger partial charge on any atom is 0.293 e. The molecule has 1 saturated heterocycles. The number of quaternary nitrogens is 1. The van der Waals surface area contributed by atoms with Crippen LogP contribution in [-0.4, -0.2) is 30.5 Å². The molecule has 0 bridgehead atoms. The summed E-state index contributed by atoms with van der Waals surface area (Å²) in [5.74, 6) is -0.149. The van der Waals surface area contributed by atoms with E-state index in [0.717, 1.165) is 25.9 Å². The number of para-hydroxylation sites is 1. The molecule has 1 fully saturated rings. The summed E-state index contributed by atoms with van der Waals surface area (Å²) >= 11 is 0. The minimum absolute atomic E-state index is 0.0470. The van der Waals surface area contributed by atoms with Gasteiger partial charge in [0.25, 0.3) is 11.6 Å². The normalized spacial score (nSPS) is 16.2. The molecule has 1 aromatic rings. The Morgan fingerprint density at radius 3 is 2.57 bits per heavy atom. The molecule has 0 aromatic heterocycles. The average molecular weight is 292 g/mol. The number of nitro benzene ring substituents is 1. The number of aryl methyl sites for hydroxylation is 1. The van der Waals surface area contributed by atoms with Crippen molar-refractivity contribution in [2.45, 2.75) is 32.6 Å². The number of likely N-dealkylation sites (tertiary alicyclic amines) is 1. The van der Waals surface area contributed by atoms with E-state index < -0.39 is 4.92 Å². The van der Waals surface area contributed by atoms with Gasteiger partial charge in [-0.05, 0) is 38.2 Å². The maximum absolute atomic E-state index is 12.2. The van der Waals surface area contributed by atoms with Crippen LogP contribution in [0.15, 0.2) is 18.2 Å². The Bertz CT molecular complexity index is 523. The van der Waals surface area contributed by atoms with Gasteiger partial charge in [0.15, 0.2) is 6.54 Å². The average Bonchev–Trinajstić information content (AvgIpc) is 2.69. The highest BCUT2D eigenvalue weighted by Gasteiger charge is 2.21. The van der Waals surface area contributed by atoms with E-state index in [-0.39, 0.29) is 11.6 Å². The molecule has 0 atom stereocenters. The molecule has 21 heavy (non-hydrogen) atoms. The molecule has 6 nitrogen and oxygen atoms in total. The number of nitrogens with one attached hydrogen (secondary N) is 2. The number of hydrogen-bond donors (Lipinski definition) is 2. The van der Waals surface area contributed by atoms with Crippen molar-refractivity contribution in [3.63, 3.8) is 0 Å². The van der Waals surface area contributed by atoms with Gasteiger partial charge in [-0.25, -0.2) is 0 Å². The minimum atomic E-state index is -0.457. The molecular weight excluding hydrogens is 270 g/mol. The molecule has 1 aliphatic rings. The highest BCUT2D eigenvalue weighted by Crippen LogP contribution is 2.27. The van der Waals surface area contributed by atoms with Crippen molar-refractivity contribution in [2.24, 2.45) is 0 Å². The van der Waals surface area contributed by atoms with Crippen LogP contribution in [0, 0.1) is 17.0 Å². The van der Waals surface area contributed by atoms with E-state index >= 15 is 0 Å². The lowest BCUT2D eigenvalue weighted by molar-refractivity contribution is -0.890. The standard InChI is InChI=1S/C15H21N3O3/c1-12-7-6-8-13(18(20)21)15(12)16-14(19)11-17-9-4-2-3-5-10-17/h6-8H,2-5,9-11H2,1H3,(H,16,19)/p+1. The Hall–Kier alpha value is -1.95. The number of rotatable bonds is 4. The van der Waals surface area contributed by atoms with Gasteiger partial charge >= 0.3 is 0 Å². The molecule has 0 saturated carbocycles. The zero-order chi connectivity index (χ0) is 15.2. The van der Waals surface area contributed by atoms with Crippen LogP contribution in [0.1, 0.15) is 31.2 Å². The Balaban J connectivity index is 2.03. The lowest BCUT2D eigenvalue weighted by Crippen LogP contribution is -3.12. The van der Waals surface area contributed by atoms with E-state index in [2.05, 4.69) is 5.32 Å². The maximum atomic E-state index is 12.2. The number of anilines is 1. The van der Waals surface area contributed by atoms with E-state index in [4.69, 9.17) is 0 Å². The lowest BCUT2D eigenvalue weighted by atomic mass is 10.1. The number of carbonyl (C=O) groups is 1. The summed E-state index contributed by atoms with van der Waals surface area (Å²) in [6.07, 6.45) is 4.75. The van der Waals surface area contributed by atoms with Crippen molar-refractivity contribution in [3.05, 3.63) is 33.9 Å². The summed E-state index contributed by atoms with van der Waals surface area (Å²) in [5.41, 5.74) is 0.986. The topological polar surface area (TPSA) is 76.7 Å². The molecule has 1 amide bonds. The van der Waals surface area contributed by atoms with Crippen molar-refractivity contribution in [1.29, 1.82) is 0 Å². The lowest BCUT2D eigenvalue weighted by Gasteiger charge is -2.16. The molecule has 1 aromatic carbocycles. The van der Waals surface area contributed by atoms with Crippen LogP contribution in [-0.2, 0) is 4.79 Å². The third-order valence-corrected chi connectivity index (χ3v) is 3.93. The van der Waals surface area contributed by atoms with Crippen LogP contribution in [0.5, 0.6) is 0 Å². The largest absolute Gasteiger partial charge is 0.327 e. The number of benzene rings is 1. The highest BCUT2D eigenvalue weighted by atomic mass is 16.6. The van der Waals surface area contributed by atoms with E-state index in [1.807, 2.05) is 0 Å². The first-order valence-corrected chi connectivity index (χ1v) is 7.45. The van der Waals surface area contributed by atoms with Gasteiger partial charge < -0.3 is 10.2 Å². The van der Waals surface area contributed by atoms with E-state index in [1.54, 1.807) is 19.1 Å². The van der Waals surface area contributed by atoms with Crippen LogP contribution in [0.25, 0.3) is 0 Å². The first-order chi connectivity index (χ1) is 10.1. The van der Waals surface area contributed by atoms with E-state index in [1.165, 1.54) is 23.8 Å². The van der Waals surface area contributed by atoms with Gasteiger partial charge in [0.2, 0.25) is 0 Å². The summed E-state index contributed by atoms with van der Waals surface area (Å²) in [5, 5.41) is 13.8. The second-order valence-corrected chi connectivity index (χ2v) is 5.62. The Labute approximate surface area is 124 Å². The van der Waals surface area contributed by atoms with Gasteiger partial charge in [-0.3, -0.25) is 14.9 Å². The summed E-state index contributed by atoms with van der Waals surface area (Å²) in [6, 6.07) is 4.81. The van der Waals surface area contributed by atoms with Crippen LogP contribution in [0.2, 0.25) is 0 Å². The van der Waals surface area contributed by atoms with Crippen molar-refractivity contribution >= 4 is 17.3 Å². The third-order valence-electron chi connectivity index (χ3n) is 3.93. The highest BCUT2D eigenvalue weighted by molar-refractivity contribution is 5.94. The van der Waals surface area contributed by atoms with E-state index in [9.17, 15) is 14.9 Å². The Kier molecular flexibility index (Phi) is 5.27. The van der Waals surface area contributed by atoms with Gasteiger partial charge in [-0.2, -0.15) is 0 Å². The molecule has 1 aliphatic heterocycles. The molecule has 0 radical (unpaired) electrons. The molecule has 0 aliphatic carbocycles. The summed E-state index contributed by atoms with van der Waals surface area (Å²) < 4.78 is 0. The fourth-order valence-electron chi connectivity index (χ4n) is 2.78. The number of nitro groups is 1. The molecule has 0 spiro atoms. The minimum Gasteiger partial charge on any atom is -0.327 e. The summed E-state index contributed by atoms with van der Waals surface area (Å²) in [7, 11) is 0. The number of hydrogen-bond acceptors (Lipinski definition) is 3. The zero-order valence-corrected chi connectivity index (χ0v) is 12.4.